The number of thiazole rings is 1. The third-order valence-electron chi connectivity index (χ3n) is 4.43. The van der Waals surface area contributed by atoms with Crippen LogP contribution in [0.3, 0.4) is 0 Å². The molecule has 2 heterocycles. The van der Waals surface area contributed by atoms with Crippen molar-refractivity contribution in [3.8, 4) is 11.5 Å². The van der Waals surface area contributed by atoms with E-state index in [0.717, 1.165) is 10.2 Å². The van der Waals surface area contributed by atoms with Gasteiger partial charge in [-0.15, -0.1) is 0 Å². The standard InChI is InChI=1S/C23H19N3O4S/c1-2-26(23-25-18-10-4-6-12-20(18)31-23)21(27)15-29-22(28)17-9-3-5-11-19(17)30-16-8-7-13-24-14-16/h3-14H,2,15H2,1H3. The van der Waals surface area contributed by atoms with E-state index in [-0.39, 0.29) is 11.5 Å². The molecule has 0 aliphatic rings. The normalized spacial score (nSPS) is 10.6. The number of rotatable bonds is 7. The van der Waals surface area contributed by atoms with Crippen LogP contribution in [0.5, 0.6) is 11.5 Å². The lowest BCUT2D eigenvalue weighted by Gasteiger charge is -2.17. The van der Waals surface area contributed by atoms with Crippen molar-refractivity contribution in [1.82, 2.24) is 9.97 Å². The van der Waals surface area contributed by atoms with Crippen molar-refractivity contribution in [1.29, 1.82) is 0 Å². The van der Waals surface area contributed by atoms with Gasteiger partial charge in [-0.25, -0.2) is 9.78 Å². The first-order valence-corrected chi connectivity index (χ1v) is 10.5. The number of aromatic nitrogens is 2. The molecular formula is C23H19N3O4S. The van der Waals surface area contributed by atoms with Crippen LogP contribution in [0.4, 0.5) is 5.13 Å². The molecule has 156 valence electrons. The van der Waals surface area contributed by atoms with Crippen molar-refractivity contribution in [3.05, 3.63) is 78.6 Å². The number of ether oxygens (including phenoxy) is 2. The van der Waals surface area contributed by atoms with Gasteiger partial charge in [0.15, 0.2) is 11.7 Å². The van der Waals surface area contributed by atoms with Crippen LogP contribution >= 0.6 is 11.3 Å². The number of esters is 1. The van der Waals surface area contributed by atoms with E-state index in [1.165, 1.54) is 16.2 Å². The van der Waals surface area contributed by atoms with E-state index in [1.54, 1.807) is 48.8 Å². The van der Waals surface area contributed by atoms with E-state index in [9.17, 15) is 9.59 Å². The first-order valence-electron chi connectivity index (χ1n) is 9.65. The van der Waals surface area contributed by atoms with E-state index in [2.05, 4.69) is 9.97 Å². The molecule has 7 nitrogen and oxygen atoms in total. The topological polar surface area (TPSA) is 81.6 Å². The number of fused-ring (bicyclic) bond motifs is 1. The average molecular weight is 433 g/mol. The summed E-state index contributed by atoms with van der Waals surface area (Å²) in [4.78, 5) is 35.4. The van der Waals surface area contributed by atoms with Gasteiger partial charge < -0.3 is 9.47 Å². The fourth-order valence-corrected chi connectivity index (χ4v) is 3.98. The summed E-state index contributed by atoms with van der Waals surface area (Å²) in [5.41, 5.74) is 1.05. The zero-order chi connectivity index (χ0) is 21.6. The van der Waals surface area contributed by atoms with E-state index in [0.29, 0.717) is 23.2 Å². The van der Waals surface area contributed by atoms with E-state index in [4.69, 9.17) is 9.47 Å². The first kappa shape index (κ1) is 20.5. The van der Waals surface area contributed by atoms with Crippen LogP contribution < -0.4 is 9.64 Å². The number of carbonyl (C=O) groups is 2. The molecule has 0 radical (unpaired) electrons. The smallest absolute Gasteiger partial charge is 0.342 e. The third kappa shape index (κ3) is 4.70. The van der Waals surface area contributed by atoms with Crippen molar-refractivity contribution in [3.63, 3.8) is 0 Å². The minimum absolute atomic E-state index is 0.224. The summed E-state index contributed by atoms with van der Waals surface area (Å²) in [7, 11) is 0. The first-order chi connectivity index (χ1) is 15.2. The lowest BCUT2D eigenvalue weighted by molar-refractivity contribution is -0.121. The molecule has 0 atom stereocenters. The highest BCUT2D eigenvalue weighted by Crippen LogP contribution is 2.29. The second-order valence-electron chi connectivity index (χ2n) is 6.47. The van der Waals surface area contributed by atoms with Crippen LogP contribution in [0.2, 0.25) is 0 Å². The van der Waals surface area contributed by atoms with Crippen LogP contribution in [-0.2, 0) is 9.53 Å². The van der Waals surface area contributed by atoms with Gasteiger partial charge in [0.25, 0.3) is 5.91 Å². The molecule has 0 bridgehead atoms. The van der Waals surface area contributed by atoms with Crippen LogP contribution in [0.15, 0.2) is 73.1 Å². The van der Waals surface area contributed by atoms with Gasteiger partial charge in [0.1, 0.15) is 17.1 Å². The summed E-state index contributed by atoms with van der Waals surface area (Å²) < 4.78 is 12.0. The molecule has 0 fully saturated rings. The number of carbonyl (C=O) groups excluding carboxylic acids is 2. The van der Waals surface area contributed by atoms with Gasteiger partial charge >= 0.3 is 5.97 Å². The Morgan fingerprint density at radius 3 is 2.61 bits per heavy atom. The van der Waals surface area contributed by atoms with E-state index in [1.807, 2.05) is 31.2 Å². The maximum atomic E-state index is 12.7. The Morgan fingerprint density at radius 2 is 1.84 bits per heavy atom. The minimum Gasteiger partial charge on any atom is -0.455 e. The molecule has 1 amide bonds. The molecule has 4 aromatic rings. The highest BCUT2D eigenvalue weighted by molar-refractivity contribution is 7.22. The van der Waals surface area contributed by atoms with Gasteiger partial charge in [-0.05, 0) is 43.3 Å². The largest absolute Gasteiger partial charge is 0.455 e. The highest BCUT2D eigenvalue weighted by Gasteiger charge is 2.21. The molecule has 0 saturated carbocycles. The number of para-hydroxylation sites is 2. The molecule has 0 spiro atoms. The summed E-state index contributed by atoms with van der Waals surface area (Å²) in [6.45, 7) is 1.86. The second kappa shape index (κ2) is 9.36. The SMILES string of the molecule is CCN(C(=O)COC(=O)c1ccccc1Oc1cccnc1)c1nc2ccccc2s1. The Labute approximate surface area is 182 Å². The molecule has 0 N–H and O–H groups in total. The Bertz CT molecular complexity index is 1180. The molecule has 2 aromatic heterocycles. The zero-order valence-electron chi connectivity index (χ0n) is 16.7. The Kier molecular flexibility index (Phi) is 6.18. The predicted molar refractivity (Wildman–Crippen MR) is 119 cm³/mol. The maximum Gasteiger partial charge on any atom is 0.342 e. The predicted octanol–water partition coefficient (Wildman–Crippen LogP) is 4.69. The third-order valence-corrected chi connectivity index (χ3v) is 5.49. The van der Waals surface area contributed by atoms with Gasteiger partial charge in [0, 0.05) is 12.7 Å². The van der Waals surface area contributed by atoms with Gasteiger partial charge in [-0.1, -0.05) is 35.6 Å². The second-order valence-corrected chi connectivity index (χ2v) is 7.47. The van der Waals surface area contributed by atoms with Gasteiger partial charge in [-0.2, -0.15) is 0 Å². The Morgan fingerprint density at radius 1 is 1.03 bits per heavy atom. The van der Waals surface area contributed by atoms with Gasteiger partial charge in [0.05, 0.1) is 16.4 Å². The van der Waals surface area contributed by atoms with Crippen LogP contribution in [0, 0.1) is 0 Å². The lowest BCUT2D eigenvalue weighted by atomic mass is 10.2. The molecule has 0 aliphatic heterocycles. The molecular weight excluding hydrogens is 414 g/mol. The summed E-state index contributed by atoms with van der Waals surface area (Å²) in [5, 5.41) is 0.574. The van der Waals surface area contributed by atoms with Gasteiger partial charge in [-0.3, -0.25) is 14.7 Å². The van der Waals surface area contributed by atoms with Crippen LogP contribution in [0.1, 0.15) is 17.3 Å². The Hall–Kier alpha value is -3.78. The molecule has 8 heteroatoms. The minimum atomic E-state index is -0.645. The van der Waals surface area contributed by atoms with E-state index < -0.39 is 12.6 Å². The van der Waals surface area contributed by atoms with Crippen LogP contribution in [-0.4, -0.2) is 35.0 Å². The van der Waals surface area contributed by atoms with Crippen molar-refractivity contribution < 1.29 is 19.1 Å². The molecule has 31 heavy (non-hydrogen) atoms. The summed E-state index contributed by atoms with van der Waals surface area (Å²) in [5.74, 6) is -0.174. The average Bonchev–Trinajstić information content (AvgIpc) is 3.23. The van der Waals surface area contributed by atoms with Crippen molar-refractivity contribution in [2.24, 2.45) is 0 Å². The quantitative estimate of drug-likeness (QED) is 0.393. The lowest BCUT2D eigenvalue weighted by Crippen LogP contribution is -2.34. The summed E-state index contributed by atoms with van der Waals surface area (Å²) in [6.07, 6.45) is 3.17. The fraction of sp³-hybridized carbons (Fsp3) is 0.130. The number of hydrogen-bond acceptors (Lipinski definition) is 7. The molecule has 0 saturated heterocycles. The number of hydrogen-bond donors (Lipinski definition) is 0. The number of likely N-dealkylation sites (N-methyl/N-ethyl adjacent to an activating group) is 1. The van der Waals surface area contributed by atoms with Gasteiger partial charge in [0.2, 0.25) is 0 Å². The number of pyridine rings is 1. The number of benzene rings is 2. The monoisotopic (exact) mass is 433 g/mol. The van der Waals surface area contributed by atoms with Crippen LogP contribution in [0.25, 0.3) is 10.2 Å². The maximum absolute atomic E-state index is 12.7. The molecule has 0 aliphatic carbocycles. The molecule has 2 aromatic carbocycles. The molecule has 4 rings (SSSR count). The van der Waals surface area contributed by atoms with Crippen molar-refractivity contribution in [2.75, 3.05) is 18.1 Å². The number of nitrogens with zero attached hydrogens (tertiary/aromatic N) is 3. The summed E-state index contributed by atoms with van der Waals surface area (Å²) in [6, 6.07) is 17.8. The summed E-state index contributed by atoms with van der Waals surface area (Å²) >= 11 is 1.42. The van der Waals surface area contributed by atoms with Crippen molar-refractivity contribution >= 4 is 38.6 Å². The number of amides is 1. The fourth-order valence-electron chi connectivity index (χ4n) is 2.94. The zero-order valence-corrected chi connectivity index (χ0v) is 17.5. The Balaban J connectivity index is 1.45. The van der Waals surface area contributed by atoms with Crippen molar-refractivity contribution in [2.45, 2.75) is 6.92 Å². The number of anilines is 1. The van der Waals surface area contributed by atoms with E-state index >= 15 is 0 Å². The highest BCUT2D eigenvalue weighted by atomic mass is 32.1. The molecule has 0 unspecified atom stereocenters.